The summed E-state index contributed by atoms with van der Waals surface area (Å²) >= 11 is 0. The van der Waals surface area contributed by atoms with Crippen LogP contribution in [0, 0.1) is 18.6 Å². The molecule has 0 unspecified atom stereocenters. The van der Waals surface area contributed by atoms with Gasteiger partial charge in [-0.25, -0.2) is 8.78 Å². The van der Waals surface area contributed by atoms with E-state index >= 15 is 0 Å². The molecule has 0 bridgehead atoms. The van der Waals surface area contributed by atoms with Crippen LogP contribution in [0.15, 0.2) is 36.4 Å². The number of nitrogens with one attached hydrogen (secondary N) is 1. The summed E-state index contributed by atoms with van der Waals surface area (Å²) in [7, 11) is 0. The Hall–Kier alpha value is -1.90. The highest BCUT2D eigenvalue weighted by molar-refractivity contribution is 5.49. The van der Waals surface area contributed by atoms with Gasteiger partial charge in [0, 0.05) is 6.54 Å². The van der Waals surface area contributed by atoms with E-state index in [0.717, 1.165) is 5.56 Å². The van der Waals surface area contributed by atoms with Gasteiger partial charge in [0.1, 0.15) is 11.5 Å². The number of rotatable bonds is 3. The normalized spacial score (nSPS) is 11.5. The van der Waals surface area contributed by atoms with Crippen molar-refractivity contribution in [2.45, 2.75) is 39.7 Å². The molecule has 0 aliphatic rings. The van der Waals surface area contributed by atoms with E-state index in [-0.39, 0.29) is 11.1 Å². The van der Waals surface area contributed by atoms with E-state index in [2.05, 4.69) is 38.2 Å². The molecule has 112 valence electrons. The summed E-state index contributed by atoms with van der Waals surface area (Å²) in [5, 5.41) is 2.85. The maximum atomic E-state index is 13.9. The molecule has 2 rings (SSSR count). The Labute approximate surface area is 125 Å². The Bertz CT molecular complexity index is 625. The van der Waals surface area contributed by atoms with Crippen LogP contribution in [0.1, 0.15) is 37.5 Å². The molecule has 1 N–H and O–H groups in total. The van der Waals surface area contributed by atoms with Crippen molar-refractivity contribution >= 4 is 5.69 Å². The van der Waals surface area contributed by atoms with Crippen LogP contribution in [0.5, 0.6) is 0 Å². The van der Waals surface area contributed by atoms with Crippen LogP contribution < -0.4 is 5.32 Å². The number of aryl methyl sites for hydroxylation is 1. The van der Waals surface area contributed by atoms with E-state index < -0.39 is 11.6 Å². The van der Waals surface area contributed by atoms with Crippen LogP contribution in [0.4, 0.5) is 14.5 Å². The molecule has 0 heterocycles. The predicted molar refractivity (Wildman–Crippen MR) is 83.6 cm³/mol. The molecule has 2 aromatic rings. The van der Waals surface area contributed by atoms with Crippen molar-refractivity contribution in [1.82, 2.24) is 0 Å². The first-order valence-electron chi connectivity index (χ1n) is 7.07. The predicted octanol–water partition coefficient (Wildman–Crippen LogP) is 5.18. The Morgan fingerprint density at radius 2 is 1.57 bits per heavy atom. The van der Waals surface area contributed by atoms with Crippen LogP contribution in [-0.2, 0) is 12.0 Å². The molecule has 0 aliphatic carbocycles. The van der Waals surface area contributed by atoms with Gasteiger partial charge in [0.15, 0.2) is 5.82 Å². The van der Waals surface area contributed by atoms with Gasteiger partial charge in [-0.15, -0.1) is 0 Å². The molecule has 0 atom stereocenters. The third-order valence-corrected chi connectivity index (χ3v) is 3.57. The molecule has 0 saturated heterocycles. The van der Waals surface area contributed by atoms with Crippen molar-refractivity contribution < 1.29 is 8.78 Å². The van der Waals surface area contributed by atoms with Crippen LogP contribution in [0.25, 0.3) is 0 Å². The van der Waals surface area contributed by atoms with E-state index in [1.165, 1.54) is 17.7 Å². The Kier molecular flexibility index (Phi) is 4.31. The van der Waals surface area contributed by atoms with Crippen molar-refractivity contribution in [3.63, 3.8) is 0 Å². The monoisotopic (exact) mass is 289 g/mol. The summed E-state index contributed by atoms with van der Waals surface area (Å²) in [6.45, 7) is 8.47. The summed E-state index contributed by atoms with van der Waals surface area (Å²) in [4.78, 5) is 0. The van der Waals surface area contributed by atoms with Gasteiger partial charge < -0.3 is 5.32 Å². The van der Waals surface area contributed by atoms with Gasteiger partial charge in [-0.3, -0.25) is 0 Å². The highest BCUT2D eigenvalue weighted by Crippen LogP contribution is 2.24. The second-order valence-corrected chi connectivity index (χ2v) is 6.35. The second kappa shape index (κ2) is 5.84. The molecular weight excluding hydrogens is 268 g/mol. The SMILES string of the molecule is Cc1ccc(F)c(NCc2ccc(C(C)(C)C)cc2)c1F. The molecule has 2 aromatic carbocycles. The van der Waals surface area contributed by atoms with Gasteiger partial charge in [0.2, 0.25) is 0 Å². The number of anilines is 1. The molecule has 0 spiro atoms. The topological polar surface area (TPSA) is 12.0 Å². The molecular formula is C18H21F2N. The van der Waals surface area contributed by atoms with Gasteiger partial charge in [-0.2, -0.15) is 0 Å². The average Bonchev–Trinajstić information content (AvgIpc) is 2.43. The summed E-state index contributed by atoms with van der Waals surface area (Å²) in [5.74, 6) is -1.09. The van der Waals surface area contributed by atoms with Gasteiger partial charge in [0.25, 0.3) is 0 Å². The standard InChI is InChI=1S/C18H21F2N/c1-12-5-10-15(19)17(16(12)20)21-11-13-6-8-14(9-7-13)18(2,3)4/h5-10,21H,11H2,1-4H3. The van der Waals surface area contributed by atoms with Crippen LogP contribution >= 0.6 is 0 Å². The lowest BCUT2D eigenvalue weighted by molar-refractivity contribution is 0.582. The first-order chi connectivity index (χ1) is 9.79. The zero-order valence-electron chi connectivity index (χ0n) is 12.9. The van der Waals surface area contributed by atoms with Crippen LogP contribution in [-0.4, -0.2) is 0 Å². The van der Waals surface area contributed by atoms with E-state index in [4.69, 9.17) is 0 Å². The molecule has 0 saturated carbocycles. The van der Waals surface area contributed by atoms with Gasteiger partial charge >= 0.3 is 0 Å². The van der Waals surface area contributed by atoms with Crippen molar-refractivity contribution in [2.75, 3.05) is 5.32 Å². The first kappa shape index (κ1) is 15.5. The quantitative estimate of drug-likeness (QED) is 0.820. The lowest BCUT2D eigenvalue weighted by Gasteiger charge is -2.19. The minimum Gasteiger partial charge on any atom is -0.376 e. The fourth-order valence-electron chi connectivity index (χ4n) is 2.13. The van der Waals surface area contributed by atoms with Gasteiger partial charge in [0.05, 0.1) is 0 Å². The molecule has 0 aliphatic heterocycles. The molecule has 0 amide bonds. The second-order valence-electron chi connectivity index (χ2n) is 6.35. The Balaban J connectivity index is 2.12. The van der Waals surface area contributed by atoms with Crippen LogP contribution in [0.3, 0.4) is 0 Å². The zero-order chi connectivity index (χ0) is 15.6. The molecule has 1 nitrogen and oxygen atoms in total. The third kappa shape index (κ3) is 3.60. The Morgan fingerprint density at radius 3 is 2.14 bits per heavy atom. The van der Waals surface area contributed by atoms with E-state index in [1.54, 1.807) is 6.92 Å². The zero-order valence-corrected chi connectivity index (χ0v) is 12.9. The van der Waals surface area contributed by atoms with Crippen molar-refractivity contribution in [3.05, 3.63) is 64.7 Å². The lowest BCUT2D eigenvalue weighted by Crippen LogP contribution is -2.11. The van der Waals surface area contributed by atoms with Crippen LogP contribution in [0.2, 0.25) is 0 Å². The molecule has 0 fully saturated rings. The first-order valence-corrected chi connectivity index (χ1v) is 7.07. The molecule has 21 heavy (non-hydrogen) atoms. The van der Waals surface area contributed by atoms with E-state index in [0.29, 0.717) is 12.1 Å². The fourth-order valence-corrected chi connectivity index (χ4v) is 2.13. The minimum atomic E-state index is -0.565. The highest BCUT2D eigenvalue weighted by Gasteiger charge is 2.13. The number of hydrogen-bond acceptors (Lipinski definition) is 1. The van der Waals surface area contributed by atoms with E-state index in [9.17, 15) is 8.78 Å². The molecule has 0 aromatic heterocycles. The van der Waals surface area contributed by atoms with Crippen molar-refractivity contribution in [1.29, 1.82) is 0 Å². The third-order valence-electron chi connectivity index (χ3n) is 3.57. The number of halogens is 2. The summed E-state index contributed by atoms with van der Waals surface area (Å²) < 4.78 is 27.5. The minimum absolute atomic E-state index is 0.0603. The fraction of sp³-hybridized carbons (Fsp3) is 0.333. The lowest BCUT2D eigenvalue weighted by atomic mass is 9.87. The average molecular weight is 289 g/mol. The summed E-state index contributed by atoms with van der Waals surface area (Å²) in [5.41, 5.74) is 2.69. The highest BCUT2D eigenvalue weighted by atomic mass is 19.1. The molecule has 3 heteroatoms. The number of benzene rings is 2. The van der Waals surface area contributed by atoms with Crippen molar-refractivity contribution in [2.24, 2.45) is 0 Å². The van der Waals surface area contributed by atoms with Gasteiger partial charge in [-0.05, 0) is 35.1 Å². The summed E-state index contributed by atoms with van der Waals surface area (Å²) in [6, 6.07) is 10.8. The maximum absolute atomic E-state index is 13.9. The maximum Gasteiger partial charge on any atom is 0.152 e. The Morgan fingerprint density at radius 1 is 0.952 bits per heavy atom. The molecule has 0 radical (unpaired) electrons. The van der Waals surface area contributed by atoms with E-state index in [1.807, 2.05) is 12.1 Å². The largest absolute Gasteiger partial charge is 0.376 e. The smallest absolute Gasteiger partial charge is 0.152 e. The number of hydrogen-bond donors (Lipinski definition) is 1. The summed E-state index contributed by atoms with van der Waals surface area (Å²) in [6.07, 6.45) is 0. The van der Waals surface area contributed by atoms with Gasteiger partial charge in [-0.1, -0.05) is 51.1 Å². The van der Waals surface area contributed by atoms with Crippen molar-refractivity contribution in [3.8, 4) is 0 Å².